The van der Waals surface area contributed by atoms with Crippen LogP contribution in [-0.2, 0) is 0 Å². The van der Waals surface area contributed by atoms with Crippen LogP contribution >= 0.6 is 11.3 Å². The molecule has 3 heteroatoms. The second kappa shape index (κ2) is 5.76. The maximum absolute atomic E-state index is 6.38. The van der Waals surface area contributed by atoms with Crippen molar-refractivity contribution in [2.24, 2.45) is 5.73 Å². The minimum atomic E-state index is -0.0827. The third-order valence-electron chi connectivity index (χ3n) is 3.00. The van der Waals surface area contributed by atoms with Crippen molar-refractivity contribution in [3.05, 3.63) is 51.2 Å². The molecule has 102 valence electrons. The van der Waals surface area contributed by atoms with Gasteiger partial charge in [0.1, 0.15) is 5.75 Å². The highest BCUT2D eigenvalue weighted by Gasteiger charge is 2.14. The monoisotopic (exact) mass is 275 g/mol. The summed E-state index contributed by atoms with van der Waals surface area (Å²) in [5.74, 6) is 0.882. The molecule has 0 fully saturated rings. The third-order valence-corrected chi connectivity index (χ3v) is 3.99. The van der Waals surface area contributed by atoms with Crippen LogP contribution in [0.4, 0.5) is 0 Å². The molecule has 1 unspecified atom stereocenters. The van der Waals surface area contributed by atoms with Crippen molar-refractivity contribution in [1.29, 1.82) is 0 Å². The van der Waals surface area contributed by atoms with Crippen LogP contribution in [0.3, 0.4) is 0 Å². The molecule has 2 nitrogen and oxygen atoms in total. The smallest absolute Gasteiger partial charge is 0.120 e. The van der Waals surface area contributed by atoms with Gasteiger partial charge in [0.2, 0.25) is 0 Å². The Labute approximate surface area is 119 Å². The summed E-state index contributed by atoms with van der Waals surface area (Å²) in [7, 11) is 0. The van der Waals surface area contributed by atoms with Gasteiger partial charge in [0.15, 0.2) is 0 Å². The second-order valence-corrected chi connectivity index (χ2v) is 6.55. The molecule has 1 aromatic carbocycles. The normalized spacial score (nSPS) is 12.7. The van der Waals surface area contributed by atoms with E-state index in [2.05, 4.69) is 26.0 Å². The lowest BCUT2D eigenvalue weighted by Gasteiger charge is -2.15. The third kappa shape index (κ3) is 3.37. The molecule has 0 spiro atoms. The summed E-state index contributed by atoms with van der Waals surface area (Å²) in [6, 6.07) is 10.2. The summed E-state index contributed by atoms with van der Waals surface area (Å²) in [4.78, 5) is 2.60. The number of hydrogen-bond donors (Lipinski definition) is 1. The van der Waals surface area contributed by atoms with E-state index in [9.17, 15) is 0 Å². The van der Waals surface area contributed by atoms with Crippen molar-refractivity contribution >= 4 is 11.3 Å². The number of thiophene rings is 1. The molecular weight excluding hydrogens is 254 g/mol. The van der Waals surface area contributed by atoms with Gasteiger partial charge >= 0.3 is 0 Å². The first-order valence-electron chi connectivity index (χ1n) is 6.56. The van der Waals surface area contributed by atoms with Crippen molar-refractivity contribution in [2.45, 2.75) is 39.8 Å². The van der Waals surface area contributed by atoms with E-state index >= 15 is 0 Å². The molecule has 2 rings (SSSR count). The minimum absolute atomic E-state index is 0.0827. The molecule has 1 aromatic heterocycles. The molecule has 0 radical (unpaired) electrons. The Balaban J connectivity index is 2.28. The highest BCUT2D eigenvalue weighted by Crippen LogP contribution is 2.30. The van der Waals surface area contributed by atoms with Crippen LogP contribution in [0.25, 0.3) is 0 Å². The largest absolute Gasteiger partial charge is 0.491 e. The standard InChI is InChI=1S/C16H21NOS/c1-10(2)18-14-7-5-6-13(9-14)16(17)15-8-11(3)19-12(15)4/h5-10,16H,17H2,1-4H3. The minimum Gasteiger partial charge on any atom is -0.491 e. The van der Waals surface area contributed by atoms with E-state index in [4.69, 9.17) is 10.5 Å². The molecule has 0 aliphatic heterocycles. The van der Waals surface area contributed by atoms with Crippen molar-refractivity contribution in [3.8, 4) is 5.75 Å². The Bertz CT molecular complexity index is 560. The Kier molecular flexibility index (Phi) is 4.27. The number of nitrogens with two attached hydrogens (primary N) is 1. The van der Waals surface area contributed by atoms with Gasteiger partial charge < -0.3 is 10.5 Å². The van der Waals surface area contributed by atoms with Crippen molar-refractivity contribution in [1.82, 2.24) is 0 Å². The average molecular weight is 275 g/mol. The summed E-state index contributed by atoms with van der Waals surface area (Å²) < 4.78 is 5.72. The summed E-state index contributed by atoms with van der Waals surface area (Å²) in [5.41, 5.74) is 8.69. The fourth-order valence-corrected chi connectivity index (χ4v) is 3.16. The molecule has 1 heterocycles. The van der Waals surface area contributed by atoms with E-state index in [0.717, 1.165) is 11.3 Å². The van der Waals surface area contributed by atoms with Crippen LogP contribution in [0.5, 0.6) is 5.75 Å². The average Bonchev–Trinajstić information content (AvgIpc) is 2.67. The van der Waals surface area contributed by atoms with E-state index in [1.165, 1.54) is 15.3 Å². The van der Waals surface area contributed by atoms with Gasteiger partial charge in [-0.25, -0.2) is 0 Å². The zero-order chi connectivity index (χ0) is 14.0. The first-order chi connectivity index (χ1) is 8.97. The van der Waals surface area contributed by atoms with Crippen LogP contribution in [-0.4, -0.2) is 6.10 Å². The SMILES string of the molecule is Cc1cc(C(N)c2cccc(OC(C)C)c2)c(C)s1. The van der Waals surface area contributed by atoms with Crippen LogP contribution in [0, 0.1) is 13.8 Å². The van der Waals surface area contributed by atoms with Gasteiger partial charge in [0.05, 0.1) is 12.1 Å². The summed E-state index contributed by atoms with van der Waals surface area (Å²) >= 11 is 1.80. The van der Waals surface area contributed by atoms with E-state index in [0.29, 0.717) is 0 Å². The Hall–Kier alpha value is -1.32. The molecule has 1 atom stereocenters. The Morgan fingerprint density at radius 3 is 2.47 bits per heavy atom. The lowest BCUT2D eigenvalue weighted by atomic mass is 10.00. The molecule has 0 amide bonds. The number of rotatable bonds is 4. The summed E-state index contributed by atoms with van der Waals surface area (Å²) in [6.07, 6.45) is 0.177. The zero-order valence-electron chi connectivity index (χ0n) is 11.9. The van der Waals surface area contributed by atoms with Gasteiger partial charge in [0.25, 0.3) is 0 Å². The number of aryl methyl sites for hydroxylation is 2. The molecular formula is C16H21NOS. The maximum atomic E-state index is 6.38. The van der Waals surface area contributed by atoms with Crippen molar-refractivity contribution in [2.75, 3.05) is 0 Å². The van der Waals surface area contributed by atoms with E-state index in [1.54, 1.807) is 11.3 Å². The van der Waals surface area contributed by atoms with Gasteiger partial charge in [-0.1, -0.05) is 12.1 Å². The first-order valence-corrected chi connectivity index (χ1v) is 7.38. The molecule has 0 saturated carbocycles. The molecule has 0 saturated heterocycles. The number of ether oxygens (including phenoxy) is 1. The predicted octanol–water partition coefficient (Wildman–Crippen LogP) is 4.20. The fourth-order valence-electron chi connectivity index (χ4n) is 2.19. The van der Waals surface area contributed by atoms with Crippen LogP contribution in [0.15, 0.2) is 30.3 Å². The van der Waals surface area contributed by atoms with Crippen molar-refractivity contribution < 1.29 is 4.74 Å². The predicted molar refractivity (Wildman–Crippen MR) is 82.0 cm³/mol. The maximum Gasteiger partial charge on any atom is 0.120 e. The van der Waals surface area contributed by atoms with Crippen LogP contribution < -0.4 is 10.5 Å². The van der Waals surface area contributed by atoms with Gasteiger partial charge in [-0.05, 0) is 57.0 Å². The van der Waals surface area contributed by atoms with Crippen molar-refractivity contribution in [3.63, 3.8) is 0 Å². The first kappa shape index (κ1) is 14.1. The lowest BCUT2D eigenvalue weighted by molar-refractivity contribution is 0.242. The summed E-state index contributed by atoms with van der Waals surface area (Å²) in [6.45, 7) is 8.30. The highest BCUT2D eigenvalue weighted by atomic mass is 32.1. The molecule has 0 aliphatic rings. The van der Waals surface area contributed by atoms with Gasteiger partial charge in [0, 0.05) is 9.75 Å². The van der Waals surface area contributed by atoms with Gasteiger partial charge in [-0.2, -0.15) is 0 Å². The van der Waals surface area contributed by atoms with Crippen LogP contribution in [0.2, 0.25) is 0 Å². The number of benzene rings is 1. The van der Waals surface area contributed by atoms with Crippen LogP contribution in [0.1, 0.15) is 40.8 Å². The van der Waals surface area contributed by atoms with Gasteiger partial charge in [-0.3, -0.25) is 0 Å². The molecule has 2 N–H and O–H groups in total. The molecule has 0 bridgehead atoms. The fraction of sp³-hybridized carbons (Fsp3) is 0.375. The van der Waals surface area contributed by atoms with E-state index in [1.807, 2.05) is 32.0 Å². The Morgan fingerprint density at radius 2 is 1.89 bits per heavy atom. The second-order valence-electron chi connectivity index (χ2n) is 5.09. The summed E-state index contributed by atoms with van der Waals surface area (Å²) in [5, 5.41) is 0. The topological polar surface area (TPSA) is 35.2 Å². The zero-order valence-corrected chi connectivity index (χ0v) is 12.8. The van der Waals surface area contributed by atoms with E-state index in [-0.39, 0.29) is 12.1 Å². The molecule has 19 heavy (non-hydrogen) atoms. The lowest BCUT2D eigenvalue weighted by Crippen LogP contribution is -2.12. The van der Waals surface area contributed by atoms with Gasteiger partial charge in [-0.15, -0.1) is 11.3 Å². The quantitative estimate of drug-likeness (QED) is 0.907. The molecule has 0 aliphatic carbocycles. The van der Waals surface area contributed by atoms with E-state index < -0.39 is 0 Å². The highest BCUT2D eigenvalue weighted by molar-refractivity contribution is 7.12. The Morgan fingerprint density at radius 1 is 1.16 bits per heavy atom. The molecule has 2 aromatic rings. The number of hydrogen-bond acceptors (Lipinski definition) is 3.